The van der Waals surface area contributed by atoms with Crippen LogP contribution in [0.3, 0.4) is 0 Å². The molecule has 0 atom stereocenters. The van der Waals surface area contributed by atoms with E-state index in [1.807, 2.05) is 13.0 Å². The molecule has 0 radical (unpaired) electrons. The smallest absolute Gasteiger partial charge is 0.214 e. The molecule has 0 unspecified atom stereocenters. The van der Waals surface area contributed by atoms with Crippen LogP contribution in [0.5, 0.6) is 0 Å². The number of allylic oxidation sites excluding steroid dienone is 2. The second-order valence-corrected chi connectivity index (χ2v) is 2.08. The van der Waals surface area contributed by atoms with Crippen LogP contribution < -0.4 is 0 Å². The normalized spacial score (nSPS) is 11.3. The molecule has 1 aromatic heterocycles. The third-order valence-corrected chi connectivity index (χ3v) is 1.44. The van der Waals surface area contributed by atoms with Crippen LogP contribution in [0.25, 0.3) is 5.57 Å². The molecule has 0 bridgehead atoms. The highest BCUT2D eigenvalue weighted by molar-refractivity contribution is 5.71. The minimum Gasteiger partial charge on any atom is -0.497 e. The van der Waals surface area contributed by atoms with Gasteiger partial charge in [0.2, 0.25) is 12.2 Å². The van der Waals surface area contributed by atoms with Crippen molar-refractivity contribution in [3.8, 4) is 0 Å². The first-order valence-corrected chi connectivity index (χ1v) is 3.46. The van der Waals surface area contributed by atoms with Crippen LogP contribution in [0.15, 0.2) is 29.3 Å². The van der Waals surface area contributed by atoms with Gasteiger partial charge in [0.1, 0.15) is 5.76 Å². The van der Waals surface area contributed by atoms with E-state index in [0.717, 1.165) is 5.57 Å². The average molecular weight is 166 g/mol. The SMILES string of the molecule is C=C(OC)/C(=C\C)c1ncon1. The van der Waals surface area contributed by atoms with E-state index >= 15 is 0 Å². The summed E-state index contributed by atoms with van der Waals surface area (Å²) in [4.78, 5) is 3.87. The van der Waals surface area contributed by atoms with Gasteiger partial charge in [0.15, 0.2) is 0 Å². The maximum absolute atomic E-state index is 4.94. The molecule has 0 spiro atoms. The molecule has 0 aliphatic heterocycles. The number of methoxy groups -OCH3 is 1. The zero-order valence-corrected chi connectivity index (χ0v) is 7.07. The summed E-state index contributed by atoms with van der Waals surface area (Å²) >= 11 is 0. The average Bonchev–Trinajstić information content (AvgIpc) is 2.58. The van der Waals surface area contributed by atoms with Crippen LogP contribution in [0.4, 0.5) is 0 Å². The van der Waals surface area contributed by atoms with Crippen molar-refractivity contribution < 1.29 is 9.26 Å². The van der Waals surface area contributed by atoms with Crippen molar-refractivity contribution in [3.63, 3.8) is 0 Å². The van der Waals surface area contributed by atoms with Gasteiger partial charge in [0.05, 0.1) is 12.7 Å². The van der Waals surface area contributed by atoms with Gasteiger partial charge < -0.3 is 9.26 Å². The molecule has 64 valence electrons. The molecule has 4 heteroatoms. The molecule has 0 saturated carbocycles. The lowest BCUT2D eigenvalue weighted by Gasteiger charge is -2.03. The van der Waals surface area contributed by atoms with Crippen molar-refractivity contribution in [1.82, 2.24) is 10.1 Å². The molecule has 0 aromatic carbocycles. The Bertz CT molecular complexity index is 288. The van der Waals surface area contributed by atoms with E-state index in [2.05, 4.69) is 21.2 Å². The van der Waals surface area contributed by atoms with E-state index in [1.165, 1.54) is 6.39 Å². The summed E-state index contributed by atoms with van der Waals surface area (Å²) < 4.78 is 9.54. The minimum absolute atomic E-state index is 0.490. The van der Waals surface area contributed by atoms with Crippen molar-refractivity contribution in [2.75, 3.05) is 7.11 Å². The van der Waals surface area contributed by atoms with Gasteiger partial charge in [-0.1, -0.05) is 17.8 Å². The lowest BCUT2D eigenvalue weighted by molar-refractivity contribution is 0.312. The van der Waals surface area contributed by atoms with Gasteiger partial charge in [-0.2, -0.15) is 4.98 Å². The lowest BCUT2D eigenvalue weighted by Crippen LogP contribution is -1.92. The maximum Gasteiger partial charge on any atom is 0.214 e. The number of hydrogen-bond donors (Lipinski definition) is 0. The van der Waals surface area contributed by atoms with Gasteiger partial charge >= 0.3 is 0 Å². The van der Waals surface area contributed by atoms with Gasteiger partial charge in [-0.05, 0) is 6.92 Å². The monoisotopic (exact) mass is 166 g/mol. The minimum atomic E-state index is 0.490. The van der Waals surface area contributed by atoms with Crippen LogP contribution in [-0.4, -0.2) is 17.3 Å². The summed E-state index contributed by atoms with van der Waals surface area (Å²) in [5, 5.41) is 3.66. The molecule has 12 heavy (non-hydrogen) atoms. The van der Waals surface area contributed by atoms with E-state index in [-0.39, 0.29) is 0 Å². The Labute approximate surface area is 70.5 Å². The van der Waals surface area contributed by atoms with Crippen molar-refractivity contribution >= 4 is 5.57 Å². The third-order valence-electron chi connectivity index (χ3n) is 1.44. The van der Waals surface area contributed by atoms with Gasteiger partial charge in [-0.15, -0.1) is 0 Å². The van der Waals surface area contributed by atoms with E-state index < -0.39 is 0 Å². The molecule has 1 aromatic rings. The van der Waals surface area contributed by atoms with Crippen LogP contribution >= 0.6 is 0 Å². The summed E-state index contributed by atoms with van der Waals surface area (Å²) in [6.45, 7) is 5.55. The predicted octanol–water partition coefficient (Wildman–Crippen LogP) is 1.63. The zero-order valence-electron chi connectivity index (χ0n) is 7.07. The summed E-state index contributed by atoms with van der Waals surface area (Å²) in [6, 6.07) is 0. The second kappa shape index (κ2) is 3.71. The lowest BCUT2D eigenvalue weighted by atomic mass is 10.2. The fraction of sp³-hybridized carbons (Fsp3) is 0.250. The van der Waals surface area contributed by atoms with Crippen molar-refractivity contribution in [1.29, 1.82) is 0 Å². The van der Waals surface area contributed by atoms with Crippen LogP contribution in [-0.2, 0) is 4.74 Å². The number of nitrogens with zero attached hydrogens (tertiary/aromatic N) is 2. The topological polar surface area (TPSA) is 48.2 Å². The number of aromatic nitrogens is 2. The molecule has 4 nitrogen and oxygen atoms in total. The quantitative estimate of drug-likeness (QED) is 0.505. The highest BCUT2D eigenvalue weighted by atomic mass is 16.5. The summed E-state index contributed by atoms with van der Waals surface area (Å²) in [6.07, 6.45) is 3.08. The molecule has 1 rings (SSSR count). The van der Waals surface area contributed by atoms with Crippen LogP contribution in [0, 0.1) is 0 Å². The highest BCUT2D eigenvalue weighted by Gasteiger charge is 2.09. The van der Waals surface area contributed by atoms with Gasteiger partial charge in [0.25, 0.3) is 0 Å². The first-order chi connectivity index (χ1) is 5.79. The second-order valence-electron chi connectivity index (χ2n) is 2.08. The molecule has 0 fully saturated rings. The molecule has 0 saturated heterocycles. The van der Waals surface area contributed by atoms with E-state index in [1.54, 1.807) is 7.11 Å². The molecule has 1 heterocycles. The van der Waals surface area contributed by atoms with Gasteiger partial charge in [-0.25, -0.2) is 0 Å². The Balaban J connectivity index is 2.93. The Hall–Kier alpha value is -1.58. The Morgan fingerprint density at radius 3 is 2.92 bits per heavy atom. The van der Waals surface area contributed by atoms with E-state index in [9.17, 15) is 0 Å². The Morgan fingerprint density at radius 1 is 1.75 bits per heavy atom. The molecule has 0 aliphatic rings. The van der Waals surface area contributed by atoms with E-state index in [0.29, 0.717) is 11.6 Å². The number of ether oxygens (including phenoxy) is 1. The van der Waals surface area contributed by atoms with Crippen molar-refractivity contribution in [2.45, 2.75) is 6.92 Å². The molecular formula is C8H10N2O2. The molecular weight excluding hydrogens is 156 g/mol. The highest BCUT2D eigenvalue weighted by Crippen LogP contribution is 2.17. The first-order valence-electron chi connectivity index (χ1n) is 3.46. The largest absolute Gasteiger partial charge is 0.497 e. The number of hydrogen-bond acceptors (Lipinski definition) is 4. The first kappa shape index (κ1) is 8.52. The molecule has 0 N–H and O–H groups in total. The summed E-state index contributed by atoms with van der Waals surface area (Å²) in [7, 11) is 1.55. The summed E-state index contributed by atoms with van der Waals surface area (Å²) in [5.41, 5.74) is 0.742. The Morgan fingerprint density at radius 2 is 2.50 bits per heavy atom. The summed E-state index contributed by atoms with van der Waals surface area (Å²) in [5.74, 6) is 1.02. The van der Waals surface area contributed by atoms with Crippen LogP contribution in [0.2, 0.25) is 0 Å². The fourth-order valence-electron chi connectivity index (χ4n) is 0.814. The predicted molar refractivity (Wildman–Crippen MR) is 44.1 cm³/mol. The molecule has 0 amide bonds. The molecule has 0 aliphatic carbocycles. The zero-order chi connectivity index (χ0) is 8.97. The van der Waals surface area contributed by atoms with Gasteiger partial charge in [0, 0.05) is 0 Å². The number of rotatable bonds is 3. The fourth-order valence-corrected chi connectivity index (χ4v) is 0.814. The van der Waals surface area contributed by atoms with Gasteiger partial charge in [-0.3, -0.25) is 0 Å². The van der Waals surface area contributed by atoms with Crippen molar-refractivity contribution in [2.24, 2.45) is 0 Å². The third kappa shape index (κ3) is 1.53. The van der Waals surface area contributed by atoms with E-state index in [4.69, 9.17) is 4.74 Å². The van der Waals surface area contributed by atoms with Crippen molar-refractivity contribution in [3.05, 3.63) is 30.6 Å². The maximum atomic E-state index is 4.94. The standard InChI is InChI=1S/C8H10N2O2/c1-4-7(6(2)11-3)8-9-5-12-10-8/h4-5H,2H2,1,3H3/b7-4+. The Kier molecular flexibility index (Phi) is 2.63. The van der Waals surface area contributed by atoms with Crippen LogP contribution in [0.1, 0.15) is 12.7 Å².